The molecule has 0 aliphatic heterocycles. The molecule has 20 heavy (non-hydrogen) atoms. The molecule has 2 atom stereocenters. The van der Waals surface area contributed by atoms with Gasteiger partial charge in [-0.2, -0.15) is 0 Å². The molecule has 4 heteroatoms. The van der Waals surface area contributed by atoms with E-state index in [1.807, 2.05) is 18.2 Å². The number of hydrogen-bond donors (Lipinski definition) is 0. The van der Waals surface area contributed by atoms with Crippen LogP contribution >= 0.6 is 15.9 Å². The van der Waals surface area contributed by atoms with Gasteiger partial charge in [-0.1, -0.05) is 28.8 Å². The predicted octanol–water partition coefficient (Wildman–Crippen LogP) is 4.18. The van der Waals surface area contributed by atoms with Crippen molar-refractivity contribution in [2.75, 3.05) is 14.2 Å². The van der Waals surface area contributed by atoms with Gasteiger partial charge in [0.1, 0.15) is 23.4 Å². The molecule has 3 rings (SSSR count). The predicted molar refractivity (Wildman–Crippen MR) is 82.2 cm³/mol. The lowest BCUT2D eigenvalue weighted by atomic mass is 9.64. The molecule has 0 heterocycles. The van der Waals surface area contributed by atoms with Crippen LogP contribution in [0.1, 0.15) is 32.1 Å². The zero-order valence-electron chi connectivity index (χ0n) is 12.0. The quantitative estimate of drug-likeness (QED) is 0.769. The molecule has 110 valence electrons. The lowest BCUT2D eigenvalue weighted by Gasteiger charge is -2.51. The first kappa shape index (κ1) is 14.1. The van der Waals surface area contributed by atoms with Gasteiger partial charge in [0, 0.05) is 28.4 Å². The Hall–Kier alpha value is -0.900. The van der Waals surface area contributed by atoms with Gasteiger partial charge in [0.05, 0.1) is 14.2 Å². The SMILES string of the molecule is COc1cc(OC)cc(OC2CC(Br)C23CCCC3)c1. The van der Waals surface area contributed by atoms with Crippen molar-refractivity contribution in [2.24, 2.45) is 5.41 Å². The van der Waals surface area contributed by atoms with E-state index >= 15 is 0 Å². The van der Waals surface area contributed by atoms with Crippen molar-refractivity contribution in [3.8, 4) is 17.2 Å². The molecular formula is C16H21BrO3. The summed E-state index contributed by atoms with van der Waals surface area (Å²) in [5.74, 6) is 2.39. The minimum Gasteiger partial charge on any atom is -0.496 e. The fourth-order valence-electron chi connectivity index (χ4n) is 3.55. The lowest BCUT2D eigenvalue weighted by molar-refractivity contribution is -0.0305. The maximum Gasteiger partial charge on any atom is 0.127 e. The summed E-state index contributed by atoms with van der Waals surface area (Å²) in [6, 6.07) is 5.74. The first-order valence-corrected chi connectivity index (χ1v) is 8.13. The summed E-state index contributed by atoms with van der Waals surface area (Å²) in [6.07, 6.45) is 6.58. The van der Waals surface area contributed by atoms with Gasteiger partial charge >= 0.3 is 0 Å². The second-order valence-electron chi connectivity index (χ2n) is 5.80. The van der Waals surface area contributed by atoms with Gasteiger partial charge in [-0.05, 0) is 19.3 Å². The molecule has 2 saturated carbocycles. The molecule has 2 aliphatic rings. The highest BCUT2D eigenvalue weighted by Crippen LogP contribution is 2.57. The number of hydrogen-bond acceptors (Lipinski definition) is 3. The van der Waals surface area contributed by atoms with E-state index in [9.17, 15) is 0 Å². The summed E-state index contributed by atoms with van der Waals surface area (Å²) in [6.45, 7) is 0. The smallest absolute Gasteiger partial charge is 0.127 e. The number of rotatable bonds is 4. The number of ether oxygens (including phenoxy) is 3. The molecule has 0 saturated heterocycles. The van der Waals surface area contributed by atoms with Crippen LogP contribution in [-0.2, 0) is 0 Å². The maximum atomic E-state index is 6.25. The summed E-state index contributed by atoms with van der Waals surface area (Å²) in [7, 11) is 3.32. The minimum atomic E-state index is 0.311. The molecule has 0 bridgehead atoms. The average Bonchev–Trinajstić information content (AvgIpc) is 2.99. The zero-order valence-corrected chi connectivity index (χ0v) is 13.6. The Morgan fingerprint density at radius 3 is 2.05 bits per heavy atom. The van der Waals surface area contributed by atoms with Crippen LogP contribution in [0.3, 0.4) is 0 Å². The highest BCUT2D eigenvalue weighted by Gasteiger charge is 2.56. The highest BCUT2D eigenvalue weighted by molar-refractivity contribution is 9.09. The number of benzene rings is 1. The van der Waals surface area contributed by atoms with Crippen LogP contribution in [0.2, 0.25) is 0 Å². The highest BCUT2D eigenvalue weighted by atomic mass is 79.9. The van der Waals surface area contributed by atoms with E-state index in [0.29, 0.717) is 16.3 Å². The Kier molecular flexibility index (Phi) is 3.85. The normalized spacial score (nSPS) is 27.1. The molecule has 1 spiro atoms. The molecule has 2 fully saturated rings. The Labute approximate surface area is 128 Å². The van der Waals surface area contributed by atoms with Gasteiger partial charge in [0.15, 0.2) is 0 Å². The Balaban J connectivity index is 1.78. The monoisotopic (exact) mass is 340 g/mol. The van der Waals surface area contributed by atoms with Crippen LogP contribution < -0.4 is 14.2 Å². The van der Waals surface area contributed by atoms with Crippen molar-refractivity contribution in [3.05, 3.63) is 18.2 Å². The number of halogens is 1. The van der Waals surface area contributed by atoms with Gasteiger partial charge in [-0.15, -0.1) is 0 Å². The molecule has 0 amide bonds. The summed E-state index contributed by atoms with van der Waals surface area (Å²) in [5, 5.41) is 0. The second-order valence-corrected chi connectivity index (χ2v) is 6.90. The summed E-state index contributed by atoms with van der Waals surface area (Å²) >= 11 is 3.82. The first-order chi connectivity index (χ1) is 9.68. The van der Waals surface area contributed by atoms with E-state index in [-0.39, 0.29) is 0 Å². The van der Waals surface area contributed by atoms with Crippen LogP contribution in [0.4, 0.5) is 0 Å². The molecule has 0 radical (unpaired) electrons. The molecule has 1 aromatic carbocycles. The molecule has 0 N–H and O–H groups in total. The molecule has 2 unspecified atom stereocenters. The van der Waals surface area contributed by atoms with E-state index in [4.69, 9.17) is 14.2 Å². The molecule has 2 aliphatic carbocycles. The third kappa shape index (κ3) is 2.28. The summed E-state index contributed by atoms with van der Waals surface area (Å²) in [4.78, 5) is 0.606. The first-order valence-electron chi connectivity index (χ1n) is 7.22. The Morgan fingerprint density at radius 2 is 1.55 bits per heavy atom. The van der Waals surface area contributed by atoms with Gasteiger partial charge in [0.25, 0.3) is 0 Å². The van der Waals surface area contributed by atoms with Gasteiger partial charge in [0.2, 0.25) is 0 Å². The fourth-order valence-corrected chi connectivity index (χ4v) is 4.64. The molecule has 1 aromatic rings. The standard InChI is InChI=1S/C16H21BrO3/c1-18-11-7-12(19-2)9-13(8-11)20-15-10-14(17)16(15)5-3-4-6-16/h7-9,14-15H,3-6,10H2,1-2H3. The van der Waals surface area contributed by atoms with Crippen molar-refractivity contribution in [3.63, 3.8) is 0 Å². The third-order valence-electron chi connectivity index (χ3n) is 4.82. The Morgan fingerprint density at radius 1 is 1.00 bits per heavy atom. The van der Waals surface area contributed by atoms with Crippen molar-refractivity contribution >= 4 is 15.9 Å². The minimum absolute atomic E-state index is 0.311. The van der Waals surface area contributed by atoms with Crippen LogP contribution in [0.5, 0.6) is 17.2 Å². The largest absolute Gasteiger partial charge is 0.496 e. The molecule has 3 nitrogen and oxygen atoms in total. The van der Waals surface area contributed by atoms with Crippen molar-refractivity contribution in [2.45, 2.75) is 43.0 Å². The van der Waals surface area contributed by atoms with Crippen molar-refractivity contribution in [1.29, 1.82) is 0 Å². The van der Waals surface area contributed by atoms with Crippen LogP contribution in [0.15, 0.2) is 18.2 Å². The van der Waals surface area contributed by atoms with E-state index in [1.165, 1.54) is 25.7 Å². The molecular weight excluding hydrogens is 320 g/mol. The maximum absolute atomic E-state index is 6.25. The van der Waals surface area contributed by atoms with E-state index in [0.717, 1.165) is 23.7 Å². The third-order valence-corrected chi connectivity index (χ3v) is 6.11. The Bertz CT molecular complexity index is 460. The van der Waals surface area contributed by atoms with Crippen LogP contribution in [0.25, 0.3) is 0 Å². The van der Waals surface area contributed by atoms with Crippen molar-refractivity contribution < 1.29 is 14.2 Å². The van der Waals surface area contributed by atoms with E-state index < -0.39 is 0 Å². The topological polar surface area (TPSA) is 27.7 Å². The average molecular weight is 341 g/mol. The van der Waals surface area contributed by atoms with Gasteiger partial charge < -0.3 is 14.2 Å². The molecule has 0 aromatic heterocycles. The second kappa shape index (κ2) is 5.47. The fraction of sp³-hybridized carbons (Fsp3) is 0.625. The lowest BCUT2D eigenvalue weighted by Crippen LogP contribution is -2.55. The summed E-state index contributed by atoms with van der Waals surface area (Å²) in [5.41, 5.74) is 0.344. The number of methoxy groups -OCH3 is 2. The number of alkyl halides is 1. The van der Waals surface area contributed by atoms with Gasteiger partial charge in [-0.25, -0.2) is 0 Å². The van der Waals surface area contributed by atoms with Crippen LogP contribution in [-0.4, -0.2) is 25.2 Å². The van der Waals surface area contributed by atoms with E-state index in [1.54, 1.807) is 14.2 Å². The zero-order chi connectivity index (χ0) is 14.2. The van der Waals surface area contributed by atoms with Gasteiger partial charge in [-0.3, -0.25) is 0 Å². The summed E-state index contributed by atoms with van der Waals surface area (Å²) < 4.78 is 16.9. The van der Waals surface area contributed by atoms with Crippen LogP contribution in [0, 0.1) is 5.41 Å². The van der Waals surface area contributed by atoms with Crippen molar-refractivity contribution in [1.82, 2.24) is 0 Å². The van der Waals surface area contributed by atoms with E-state index in [2.05, 4.69) is 15.9 Å².